The lowest BCUT2D eigenvalue weighted by Crippen LogP contribution is -2.19. The number of aromatic nitrogens is 2. The molecule has 0 aliphatic heterocycles. The Morgan fingerprint density at radius 2 is 1.89 bits per heavy atom. The van der Waals surface area contributed by atoms with Crippen molar-refractivity contribution >= 4 is 33.9 Å². The van der Waals surface area contributed by atoms with Crippen molar-refractivity contribution in [2.75, 3.05) is 10.6 Å². The Kier molecular flexibility index (Phi) is 5.26. The first-order valence-electron chi connectivity index (χ1n) is 7.62. The third-order valence-corrected chi connectivity index (χ3v) is 3.98. The van der Waals surface area contributed by atoms with Crippen molar-refractivity contribution < 1.29 is 22.7 Å². The van der Waals surface area contributed by atoms with Gasteiger partial charge in [-0.25, -0.2) is 9.97 Å². The molecular weight excluding hydrogens is 381 g/mol. The second-order valence-electron chi connectivity index (χ2n) is 5.33. The maximum absolute atomic E-state index is 12.5. The minimum absolute atomic E-state index is 0.0527. The number of nitrogens with one attached hydrogen (secondary N) is 2. The highest BCUT2D eigenvalue weighted by molar-refractivity contribution is 7.14. The molecule has 0 unspecified atom stereocenters. The first-order chi connectivity index (χ1) is 12.8. The number of amides is 1. The van der Waals surface area contributed by atoms with Gasteiger partial charge in [0.15, 0.2) is 10.9 Å². The number of carbonyl (C=O) groups excluding carboxylic acids is 1. The van der Waals surface area contributed by atoms with Gasteiger partial charge in [0.2, 0.25) is 0 Å². The lowest BCUT2D eigenvalue weighted by atomic mass is 10.3. The van der Waals surface area contributed by atoms with Crippen LogP contribution in [-0.4, -0.2) is 22.2 Å². The summed E-state index contributed by atoms with van der Waals surface area (Å²) in [6.07, 6.45) is -4.86. The molecule has 0 fully saturated rings. The monoisotopic (exact) mass is 394 g/mol. The van der Waals surface area contributed by atoms with E-state index in [9.17, 15) is 18.0 Å². The molecule has 6 nitrogen and oxygen atoms in total. The Bertz CT molecular complexity index is 959. The van der Waals surface area contributed by atoms with Crippen molar-refractivity contribution in [3.05, 3.63) is 59.2 Å². The molecule has 0 saturated heterocycles. The first kappa shape index (κ1) is 18.6. The first-order valence-corrected chi connectivity index (χ1v) is 8.50. The van der Waals surface area contributed by atoms with Gasteiger partial charge in [-0.05, 0) is 31.2 Å². The van der Waals surface area contributed by atoms with Crippen molar-refractivity contribution in [3.8, 4) is 5.75 Å². The number of pyridine rings is 1. The van der Waals surface area contributed by atoms with E-state index in [1.54, 1.807) is 6.07 Å². The van der Waals surface area contributed by atoms with E-state index in [0.29, 0.717) is 10.9 Å². The molecule has 3 rings (SSSR count). The molecule has 0 saturated carbocycles. The topological polar surface area (TPSA) is 76.1 Å². The Labute approximate surface area is 156 Å². The van der Waals surface area contributed by atoms with Crippen LogP contribution in [0.1, 0.15) is 16.2 Å². The van der Waals surface area contributed by atoms with Crippen LogP contribution in [-0.2, 0) is 0 Å². The fraction of sp³-hybridized carbons (Fsp3) is 0.118. The molecule has 0 aliphatic rings. The predicted octanol–water partition coefficient (Wildman–Crippen LogP) is 4.74. The molecule has 1 aromatic carbocycles. The molecule has 10 heteroatoms. The van der Waals surface area contributed by atoms with Gasteiger partial charge in [-0.3, -0.25) is 4.79 Å². The molecule has 0 bridgehead atoms. The Hall–Kier alpha value is -3.14. The van der Waals surface area contributed by atoms with Crippen molar-refractivity contribution in [3.63, 3.8) is 0 Å². The zero-order valence-corrected chi connectivity index (χ0v) is 14.7. The van der Waals surface area contributed by atoms with Crippen LogP contribution in [0.25, 0.3) is 0 Å². The molecule has 2 N–H and O–H groups in total. The molecule has 0 radical (unpaired) electrons. The number of halogens is 3. The zero-order valence-electron chi connectivity index (χ0n) is 13.9. The molecule has 0 atom stereocenters. The van der Waals surface area contributed by atoms with Gasteiger partial charge in [-0.15, -0.1) is 24.5 Å². The minimum Gasteiger partial charge on any atom is -0.404 e. The molecule has 3 aromatic rings. The summed E-state index contributed by atoms with van der Waals surface area (Å²) >= 11 is 1.17. The van der Waals surface area contributed by atoms with E-state index in [1.165, 1.54) is 34.9 Å². The highest BCUT2D eigenvalue weighted by atomic mass is 32.1. The number of ether oxygens (including phenoxy) is 1. The van der Waals surface area contributed by atoms with Crippen LogP contribution in [0, 0.1) is 6.92 Å². The average molecular weight is 394 g/mol. The van der Waals surface area contributed by atoms with Crippen LogP contribution in [0.3, 0.4) is 0 Å². The SMILES string of the molecule is Cc1cccc(Nc2nc(C(=O)Nc3ccccc3OC(F)(F)F)cs2)n1. The fourth-order valence-corrected chi connectivity index (χ4v) is 2.83. The second-order valence-corrected chi connectivity index (χ2v) is 6.18. The maximum Gasteiger partial charge on any atom is 0.573 e. The van der Waals surface area contributed by atoms with E-state index in [-0.39, 0.29) is 11.4 Å². The number of alkyl halides is 3. The van der Waals surface area contributed by atoms with Crippen molar-refractivity contribution in [2.45, 2.75) is 13.3 Å². The van der Waals surface area contributed by atoms with E-state index < -0.39 is 18.0 Å². The van der Waals surface area contributed by atoms with Gasteiger partial charge in [0, 0.05) is 11.1 Å². The minimum atomic E-state index is -4.86. The van der Waals surface area contributed by atoms with E-state index >= 15 is 0 Å². The van der Waals surface area contributed by atoms with Gasteiger partial charge in [0.25, 0.3) is 5.91 Å². The quantitative estimate of drug-likeness (QED) is 0.654. The van der Waals surface area contributed by atoms with Crippen LogP contribution in [0.2, 0.25) is 0 Å². The average Bonchev–Trinajstić information content (AvgIpc) is 3.04. The molecular formula is C17H13F3N4O2S. The fourth-order valence-electron chi connectivity index (χ4n) is 2.13. The van der Waals surface area contributed by atoms with E-state index in [0.717, 1.165) is 11.8 Å². The summed E-state index contributed by atoms with van der Waals surface area (Å²) in [4.78, 5) is 20.7. The van der Waals surface area contributed by atoms with Crippen molar-refractivity contribution in [1.29, 1.82) is 0 Å². The van der Waals surface area contributed by atoms with Crippen LogP contribution in [0.5, 0.6) is 5.75 Å². The van der Waals surface area contributed by atoms with Crippen LogP contribution >= 0.6 is 11.3 Å². The largest absolute Gasteiger partial charge is 0.573 e. The summed E-state index contributed by atoms with van der Waals surface area (Å²) < 4.78 is 41.3. The molecule has 2 heterocycles. The summed E-state index contributed by atoms with van der Waals surface area (Å²) in [6, 6.07) is 10.7. The number of thiazole rings is 1. The Balaban J connectivity index is 1.72. The van der Waals surface area contributed by atoms with E-state index in [2.05, 4.69) is 25.3 Å². The normalized spacial score (nSPS) is 11.1. The number of anilines is 3. The second kappa shape index (κ2) is 7.62. The van der Waals surface area contributed by atoms with Crippen LogP contribution in [0.15, 0.2) is 47.8 Å². The maximum atomic E-state index is 12.5. The number of hydrogen-bond acceptors (Lipinski definition) is 6. The van der Waals surface area contributed by atoms with Gasteiger partial charge in [0.1, 0.15) is 11.5 Å². The highest BCUT2D eigenvalue weighted by Gasteiger charge is 2.32. The number of rotatable bonds is 5. The zero-order chi connectivity index (χ0) is 19.4. The molecule has 1 amide bonds. The lowest BCUT2D eigenvalue weighted by Gasteiger charge is -2.13. The summed E-state index contributed by atoms with van der Waals surface area (Å²) in [5, 5.41) is 7.26. The summed E-state index contributed by atoms with van der Waals surface area (Å²) in [5.74, 6) is -0.592. The third kappa shape index (κ3) is 5.17. The molecule has 2 aromatic heterocycles. The number of aryl methyl sites for hydroxylation is 1. The van der Waals surface area contributed by atoms with Gasteiger partial charge in [-0.2, -0.15) is 0 Å². The summed E-state index contributed by atoms with van der Waals surface area (Å²) in [6.45, 7) is 1.84. The molecule has 27 heavy (non-hydrogen) atoms. The Morgan fingerprint density at radius 1 is 1.11 bits per heavy atom. The van der Waals surface area contributed by atoms with Gasteiger partial charge in [0.05, 0.1) is 5.69 Å². The van der Waals surface area contributed by atoms with Crippen molar-refractivity contribution in [2.24, 2.45) is 0 Å². The number of carbonyl (C=O) groups is 1. The number of nitrogens with zero attached hydrogens (tertiary/aromatic N) is 2. The summed E-state index contributed by atoms with van der Waals surface area (Å²) in [5.41, 5.74) is 0.760. The molecule has 140 valence electrons. The van der Waals surface area contributed by atoms with Gasteiger partial charge in [-0.1, -0.05) is 18.2 Å². The van der Waals surface area contributed by atoms with Crippen LogP contribution in [0.4, 0.5) is 29.8 Å². The molecule has 0 aliphatic carbocycles. The number of hydrogen-bond donors (Lipinski definition) is 2. The summed E-state index contributed by atoms with van der Waals surface area (Å²) in [7, 11) is 0. The number of para-hydroxylation sites is 2. The molecule has 0 spiro atoms. The van der Waals surface area contributed by atoms with Gasteiger partial charge < -0.3 is 15.4 Å². The number of benzene rings is 1. The van der Waals surface area contributed by atoms with Gasteiger partial charge >= 0.3 is 6.36 Å². The van der Waals surface area contributed by atoms with Crippen LogP contribution < -0.4 is 15.4 Å². The third-order valence-electron chi connectivity index (χ3n) is 3.22. The van der Waals surface area contributed by atoms with E-state index in [1.807, 2.05) is 19.1 Å². The Morgan fingerprint density at radius 3 is 2.63 bits per heavy atom. The standard InChI is InChI=1S/C17H13F3N4O2S/c1-10-5-4-8-14(21-10)24-16-23-12(9-27-16)15(25)22-11-6-2-3-7-13(11)26-17(18,19)20/h2-9H,1H3,(H,22,25)(H,21,23,24). The predicted molar refractivity (Wildman–Crippen MR) is 95.4 cm³/mol. The highest BCUT2D eigenvalue weighted by Crippen LogP contribution is 2.30. The van der Waals surface area contributed by atoms with E-state index in [4.69, 9.17) is 0 Å². The smallest absolute Gasteiger partial charge is 0.404 e. The lowest BCUT2D eigenvalue weighted by molar-refractivity contribution is -0.274. The van der Waals surface area contributed by atoms with Crippen molar-refractivity contribution in [1.82, 2.24) is 9.97 Å².